The van der Waals surface area contributed by atoms with Gasteiger partial charge in [0.2, 0.25) is 5.91 Å². The lowest BCUT2D eigenvalue weighted by Crippen LogP contribution is -2.38. The van der Waals surface area contributed by atoms with Crippen LogP contribution in [0, 0.1) is 3.57 Å². The van der Waals surface area contributed by atoms with Gasteiger partial charge in [0.15, 0.2) is 15.0 Å². The zero-order valence-electron chi connectivity index (χ0n) is 13.7. The van der Waals surface area contributed by atoms with Crippen LogP contribution in [0.15, 0.2) is 29.3 Å². The molecular formula is C16H17IN2O5S2. The van der Waals surface area contributed by atoms with E-state index < -0.39 is 15.8 Å². The number of hydrogen-bond acceptors (Lipinski definition) is 5. The van der Waals surface area contributed by atoms with Crippen molar-refractivity contribution in [3.63, 3.8) is 0 Å². The number of anilines is 1. The first kappa shape index (κ1) is 19.6. The molecule has 1 aromatic rings. The van der Waals surface area contributed by atoms with E-state index in [4.69, 9.17) is 5.11 Å². The molecule has 2 heterocycles. The molecule has 2 fully saturated rings. The number of aliphatic carboxylic acids is 1. The summed E-state index contributed by atoms with van der Waals surface area (Å²) in [4.78, 5) is 28.8. The van der Waals surface area contributed by atoms with E-state index >= 15 is 0 Å². The van der Waals surface area contributed by atoms with Crippen LogP contribution in [0.3, 0.4) is 0 Å². The molecule has 1 N–H and O–H groups in total. The number of nitrogens with zero attached hydrogens (tertiary/aromatic N) is 2. The number of amidine groups is 1. The van der Waals surface area contributed by atoms with Crippen LogP contribution in [-0.4, -0.2) is 53.4 Å². The first-order chi connectivity index (χ1) is 12.3. The number of para-hydroxylation sites is 1. The van der Waals surface area contributed by atoms with Crippen LogP contribution in [0.1, 0.15) is 19.3 Å². The van der Waals surface area contributed by atoms with E-state index in [0.717, 1.165) is 9.26 Å². The van der Waals surface area contributed by atoms with E-state index in [-0.39, 0.29) is 48.0 Å². The lowest BCUT2D eigenvalue weighted by Gasteiger charge is -2.25. The third-order valence-electron chi connectivity index (χ3n) is 4.18. The molecule has 2 aliphatic heterocycles. The molecule has 0 aliphatic carbocycles. The number of aliphatic imine (C=N–C) groups is 1. The Kier molecular flexibility index (Phi) is 5.92. The number of amides is 1. The lowest BCUT2D eigenvalue weighted by atomic mass is 10.2. The van der Waals surface area contributed by atoms with Gasteiger partial charge in [-0.05, 0) is 41.1 Å². The molecule has 7 nitrogen and oxygen atoms in total. The topological polar surface area (TPSA) is 104 Å². The summed E-state index contributed by atoms with van der Waals surface area (Å²) in [5.41, 5.74) is 0.835. The molecule has 0 bridgehead atoms. The highest BCUT2D eigenvalue weighted by Crippen LogP contribution is 2.42. The minimum absolute atomic E-state index is 0.0435. The van der Waals surface area contributed by atoms with E-state index in [1.54, 1.807) is 0 Å². The molecule has 140 valence electrons. The van der Waals surface area contributed by atoms with Crippen LogP contribution >= 0.6 is 34.4 Å². The van der Waals surface area contributed by atoms with Gasteiger partial charge in [0.1, 0.15) is 0 Å². The van der Waals surface area contributed by atoms with Gasteiger partial charge in [-0.3, -0.25) is 9.59 Å². The summed E-state index contributed by atoms with van der Waals surface area (Å²) in [5, 5.41) is 9.02. The number of carboxylic acid groups (broad SMARTS) is 1. The van der Waals surface area contributed by atoms with Crippen molar-refractivity contribution in [2.75, 3.05) is 16.4 Å². The van der Waals surface area contributed by atoms with Crippen molar-refractivity contribution >= 4 is 66.9 Å². The van der Waals surface area contributed by atoms with Gasteiger partial charge in [0.05, 0.1) is 23.2 Å². The van der Waals surface area contributed by atoms with Gasteiger partial charge in [-0.15, -0.1) is 0 Å². The number of fused-ring (bicyclic) bond motifs is 1. The Labute approximate surface area is 169 Å². The van der Waals surface area contributed by atoms with Crippen LogP contribution in [0.2, 0.25) is 0 Å². The maximum atomic E-state index is 12.1. The highest BCUT2D eigenvalue weighted by molar-refractivity contribution is 14.1. The highest BCUT2D eigenvalue weighted by atomic mass is 127. The molecule has 0 unspecified atom stereocenters. The second kappa shape index (κ2) is 7.85. The maximum absolute atomic E-state index is 12.1. The van der Waals surface area contributed by atoms with Crippen molar-refractivity contribution in [1.29, 1.82) is 0 Å². The number of carbonyl (C=O) groups is 2. The Morgan fingerprint density at radius 3 is 2.69 bits per heavy atom. The number of thioether (sulfide) groups is 1. The third kappa shape index (κ3) is 4.39. The Hall–Kier alpha value is -1.14. The molecule has 0 radical (unpaired) electrons. The molecule has 2 saturated heterocycles. The summed E-state index contributed by atoms with van der Waals surface area (Å²) in [7, 11) is -3.11. The number of benzene rings is 1. The van der Waals surface area contributed by atoms with Gasteiger partial charge in [-0.1, -0.05) is 23.9 Å². The van der Waals surface area contributed by atoms with Gasteiger partial charge in [-0.25, -0.2) is 8.42 Å². The predicted octanol–water partition coefficient (Wildman–Crippen LogP) is 2.15. The van der Waals surface area contributed by atoms with Crippen LogP contribution in [0.5, 0.6) is 0 Å². The maximum Gasteiger partial charge on any atom is 0.303 e. The van der Waals surface area contributed by atoms with Gasteiger partial charge < -0.3 is 10.0 Å². The first-order valence-electron chi connectivity index (χ1n) is 8.01. The van der Waals surface area contributed by atoms with E-state index in [0.29, 0.717) is 5.17 Å². The largest absolute Gasteiger partial charge is 0.481 e. The zero-order chi connectivity index (χ0) is 18.9. The van der Waals surface area contributed by atoms with Crippen LogP contribution in [-0.2, 0) is 19.4 Å². The number of rotatable bonds is 5. The standard InChI is InChI=1S/C16H17IN2O5S2/c17-10-4-1-2-5-11(10)19-12-8-26(23,24)9-13(12)25-16(19)18-14(20)6-3-7-15(21)22/h1-2,4-5,12-13H,3,6-9H2,(H,21,22)/t12-,13+/m0/s1. The van der Waals surface area contributed by atoms with Gasteiger partial charge in [0, 0.05) is 21.7 Å². The van der Waals surface area contributed by atoms with Crippen molar-refractivity contribution < 1.29 is 23.1 Å². The van der Waals surface area contributed by atoms with Gasteiger partial charge in [0.25, 0.3) is 0 Å². The summed E-state index contributed by atoms with van der Waals surface area (Å²) in [6.07, 6.45) is 0.219. The fourth-order valence-corrected chi connectivity index (χ4v) is 7.62. The van der Waals surface area contributed by atoms with Crippen LogP contribution in [0.25, 0.3) is 0 Å². The second-order valence-corrected chi connectivity index (χ2v) is 10.7. The molecule has 0 saturated carbocycles. The molecule has 1 aromatic carbocycles. The SMILES string of the molecule is O=C(O)CCCC(=O)N=C1S[C@@H]2CS(=O)(=O)C[C@@H]2N1c1ccccc1I. The first-order valence-corrected chi connectivity index (χ1v) is 11.8. The number of hydrogen-bond donors (Lipinski definition) is 1. The summed E-state index contributed by atoms with van der Waals surface area (Å²) in [6, 6.07) is 7.33. The predicted molar refractivity (Wildman–Crippen MR) is 109 cm³/mol. The normalized spacial score (nSPS) is 25.4. The van der Waals surface area contributed by atoms with Crippen molar-refractivity contribution in [3.05, 3.63) is 27.8 Å². The quantitative estimate of drug-likeness (QED) is 0.608. The molecule has 3 rings (SSSR count). The molecule has 2 atom stereocenters. The smallest absolute Gasteiger partial charge is 0.303 e. The van der Waals surface area contributed by atoms with Crippen LogP contribution < -0.4 is 4.90 Å². The fourth-order valence-electron chi connectivity index (χ4n) is 3.05. The number of sulfone groups is 1. The Morgan fingerprint density at radius 1 is 1.27 bits per heavy atom. The molecule has 1 amide bonds. The van der Waals surface area contributed by atoms with Crippen LogP contribution in [0.4, 0.5) is 5.69 Å². The molecule has 0 spiro atoms. The molecule has 0 aromatic heterocycles. The van der Waals surface area contributed by atoms with Crippen molar-refractivity contribution in [2.24, 2.45) is 4.99 Å². The van der Waals surface area contributed by atoms with E-state index in [2.05, 4.69) is 27.6 Å². The summed E-state index contributed by atoms with van der Waals surface area (Å²) in [6.45, 7) is 0. The minimum atomic E-state index is -3.11. The number of carbonyl (C=O) groups excluding carboxylic acids is 1. The van der Waals surface area contributed by atoms with E-state index in [1.165, 1.54) is 11.8 Å². The van der Waals surface area contributed by atoms with Crippen molar-refractivity contribution in [1.82, 2.24) is 0 Å². The lowest BCUT2D eigenvalue weighted by molar-refractivity contribution is -0.137. The third-order valence-corrected chi connectivity index (χ3v) is 8.30. The van der Waals surface area contributed by atoms with Gasteiger partial charge in [-0.2, -0.15) is 4.99 Å². The Bertz CT molecular complexity index is 871. The average Bonchev–Trinajstić information content (AvgIpc) is 2.98. The molecule has 2 aliphatic rings. The van der Waals surface area contributed by atoms with E-state index in [9.17, 15) is 18.0 Å². The van der Waals surface area contributed by atoms with E-state index in [1.807, 2.05) is 29.2 Å². The monoisotopic (exact) mass is 508 g/mol. The fraction of sp³-hybridized carbons (Fsp3) is 0.438. The number of carboxylic acids is 1. The van der Waals surface area contributed by atoms with Gasteiger partial charge >= 0.3 is 5.97 Å². The zero-order valence-corrected chi connectivity index (χ0v) is 17.5. The molecule has 26 heavy (non-hydrogen) atoms. The summed E-state index contributed by atoms with van der Waals surface area (Å²) in [5.74, 6) is -1.20. The average molecular weight is 508 g/mol. The highest BCUT2D eigenvalue weighted by Gasteiger charge is 2.49. The summed E-state index contributed by atoms with van der Waals surface area (Å²) >= 11 is 3.50. The van der Waals surface area contributed by atoms with Crippen molar-refractivity contribution in [3.8, 4) is 0 Å². The van der Waals surface area contributed by atoms with Crippen molar-refractivity contribution in [2.45, 2.75) is 30.6 Å². The number of halogens is 1. The Morgan fingerprint density at radius 2 is 2.00 bits per heavy atom. The summed E-state index contributed by atoms with van der Waals surface area (Å²) < 4.78 is 25.0. The minimum Gasteiger partial charge on any atom is -0.481 e. The second-order valence-electron chi connectivity index (χ2n) is 6.16. The molecule has 10 heteroatoms. The Balaban J connectivity index is 1.87. The molecular weight excluding hydrogens is 491 g/mol.